The van der Waals surface area contributed by atoms with E-state index in [0.29, 0.717) is 5.71 Å². The first-order chi connectivity index (χ1) is 22.0. The highest BCUT2D eigenvalue weighted by atomic mass is 16.4. The van der Waals surface area contributed by atoms with Crippen molar-refractivity contribution in [2.75, 3.05) is 76.3 Å². The third kappa shape index (κ3) is 10.8. The van der Waals surface area contributed by atoms with E-state index in [2.05, 4.69) is 106 Å². The number of hydrogen-bond donors (Lipinski definition) is 2. The van der Waals surface area contributed by atoms with Gasteiger partial charge >= 0.3 is 0 Å². The van der Waals surface area contributed by atoms with Crippen LogP contribution in [0.15, 0.2) is 114 Å². The molecule has 0 unspecified atom stereocenters. The molecule has 0 bridgehead atoms. The zero-order chi connectivity index (χ0) is 31.9. The minimum Gasteiger partial charge on any atom is -0.483 e. The summed E-state index contributed by atoms with van der Waals surface area (Å²) in [7, 11) is 4.35. The van der Waals surface area contributed by atoms with E-state index in [1.165, 1.54) is 22.5 Å². The van der Waals surface area contributed by atoms with Crippen LogP contribution >= 0.6 is 0 Å². The Morgan fingerprint density at radius 2 is 0.978 bits per heavy atom. The first-order valence-corrected chi connectivity index (χ1v) is 15.5. The predicted molar refractivity (Wildman–Crippen MR) is 191 cm³/mol. The van der Waals surface area contributed by atoms with E-state index in [1.807, 2.05) is 42.5 Å². The molecule has 2 aliphatic rings. The summed E-state index contributed by atoms with van der Waals surface area (Å²) >= 11 is 0. The van der Waals surface area contributed by atoms with E-state index >= 15 is 0 Å². The van der Waals surface area contributed by atoms with Gasteiger partial charge in [-0.3, -0.25) is 4.79 Å². The van der Waals surface area contributed by atoms with E-state index in [-0.39, 0.29) is 13.9 Å². The van der Waals surface area contributed by atoms with Crippen LogP contribution in [0.4, 0.5) is 11.4 Å². The highest BCUT2D eigenvalue weighted by molar-refractivity contribution is 6.12. The largest absolute Gasteiger partial charge is 0.483 e. The Kier molecular flexibility index (Phi) is 14.8. The lowest BCUT2D eigenvalue weighted by Gasteiger charge is -2.34. The van der Waals surface area contributed by atoms with Gasteiger partial charge in [-0.2, -0.15) is 0 Å². The van der Waals surface area contributed by atoms with Crippen molar-refractivity contribution in [2.24, 2.45) is 5.16 Å². The number of nitrogens with zero attached hydrogens (tertiary/aromatic N) is 5. The van der Waals surface area contributed by atoms with Gasteiger partial charge in [0.2, 0.25) is 0 Å². The molecule has 8 heteroatoms. The predicted octanol–water partition coefficient (Wildman–Crippen LogP) is 6.03. The Bertz CT molecular complexity index is 1430. The quantitative estimate of drug-likeness (QED) is 0.117. The fourth-order valence-electron chi connectivity index (χ4n) is 5.49. The molecule has 2 aliphatic heterocycles. The molecule has 2 saturated heterocycles. The van der Waals surface area contributed by atoms with Crippen molar-refractivity contribution >= 4 is 23.6 Å². The summed E-state index contributed by atoms with van der Waals surface area (Å²) in [6.07, 6.45) is 1.02. The van der Waals surface area contributed by atoms with Crippen molar-refractivity contribution in [3.63, 3.8) is 0 Å². The fourth-order valence-corrected chi connectivity index (χ4v) is 5.49. The van der Waals surface area contributed by atoms with Crippen molar-refractivity contribution in [2.45, 2.75) is 13.8 Å². The monoisotopic (exact) mass is 623 g/mol. The molecule has 0 amide bonds. The topological polar surface area (TPSA) is 82.9 Å². The number of carbonyl (C=O) groups is 1. The Morgan fingerprint density at radius 3 is 1.41 bits per heavy atom. The highest BCUT2D eigenvalue weighted by Gasteiger charge is 2.15. The lowest BCUT2D eigenvalue weighted by atomic mass is 10.0. The Hall–Kier alpha value is -4.66. The standard InChI is InChI=1S/C18H21N3O.C18H22N2.CH2O2.CH4/c1-20-11-13-21(14-12-20)17-9-7-16(8-10-17)18(19-22)15-5-3-2-4-6-15;1-19-11-13-20(14-12-19)18-9-7-17(8-10-18)15-16-5-3-2-4-6-16;2-1-3;/h2-10,22H,11-14H2,1H3;2-10H,11-15H2,1H3;1H,(H,2,3);1H4/b19-18-;;;. The van der Waals surface area contributed by atoms with E-state index in [1.54, 1.807) is 0 Å². The summed E-state index contributed by atoms with van der Waals surface area (Å²) in [5.74, 6) is 0. The van der Waals surface area contributed by atoms with E-state index in [0.717, 1.165) is 69.9 Å². The van der Waals surface area contributed by atoms with Crippen LogP contribution in [0.5, 0.6) is 0 Å². The van der Waals surface area contributed by atoms with Crippen LogP contribution in [0.1, 0.15) is 29.7 Å². The smallest absolute Gasteiger partial charge is 0.290 e. The summed E-state index contributed by atoms with van der Waals surface area (Å²) in [6, 6.07) is 37.7. The van der Waals surface area contributed by atoms with Gasteiger partial charge in [0.1, 0.15) is 5.71 Å². The number of carboxylic acid groups (broad SMARTS) is 1. The molecule has 0 radical (unpaired) electrons. The number of rotatable bonds is 6. The van der Waals surface area contributed by atoms with Gasteiger partial charge < -0.3 is 29.9 Å². The summed E-state index contributed by atoms with van der Waals surface area (Å²) in [5, 5.41) is 19.7. The average Bonchev–Trinajstić information content (AvgIpc) is 3.08. The zero-order valence-corrected chi connectivity index (χ0v) is 26.4. The second-order valence-corrected chi connectivity index (χ2v) is 11.4. The molecule has 2 N–H and O–H groups in total. The lowest BCUT2D eigenvalue weighted by Crippen LogP contribution is -2.44. The molecule has 46 heavy (non-hydrogen) atoms. The molecule has 0 aliphatic carbocycles. The Labute approximate surface area is 274 Å². The van der Waals surface area contributed by atoms with Crippen LogP contribution in [-0.2, 0) is 11.2 Å². The van der Waals surface area contributed by atoms with Gasteiger partial charge in [0.25, 0.3) is 6.47 Å². The average molecular weight is 624 g/mol. The van der Waals surface area contributed by atoms with Gasteiger partial charge in [-0.1, -0.05) is 97.5 Å². The van der Waals surface area contributed by atoms with Crippen molar-refractivity contribution in [3.05, 3.63) is 131 Å². The number of likely N-dealkylation sites (N-methyl/N-ethyl adjacent to an activating group) is 2. The third-order valence-corrected chi connectivity index (χ3v) is 8.21. The van der Waals surface area contributed by atoms with Crippen LogP contribution in [0.3, 0.4) is 0 Å². The van der Waals surface area contributed by atoms with Crippen LogP contribution < -0.4 is 9.80 Å². The second-order valence-electron chi connectivity index (χ2n) is 11.4. The highest BCUT2D eigenvalue weighted by Crippen LogP contribution is 2.20. The van der Waals surface area contributed by atoms with Gasteiger partial charge in [0, 0.05) is 74.9 Å². The minimum absolute atomic E-state index is 0. The van der Waals surface area contributed by atoms with Crippen molar-refractivity contribution in [1.29, 1.82) is 0 Å². The van der Waals surface area contributed by atoms with E-state index in [4.69, 9.17) is 9.90 Å². The molecular formula is C38H49N5O3. The van der Waals surface area contributed by atoms with Crippen LogP contribution in [0.2, 0.25) is 0 Å². The molecule has 4 aromatic carbocycles. The number of anilines is 2. The first-order valence-electron chi connectivity index (χ1n) is 15.5. The van der Waals surface area contributed by atoms with Gasteiger partial charge in [-0.15, -0.1) is 0 Å². The number of hydrogen-bond acceptors (Lipinski definition) is 7. The van der Waals surface area contributed by atoms with E-state index < -0.39 is 0 Å². The Balaban J connectivity index is 0.000000227. The van der Waals surface area contributed by atoms with Gasteiger partial charge in [0.15, 0.2) is 0 Å². The number of benzene rings is 4. The van der Waals surface area contributed by atoms with Gasteiger partial charge in [0.05, 0.1) is 0 Å². The molecule has 6 rings (SSSR count). The Morgan fingerprint density at radius 1 is 0.609 bits per heavy atom. The van der Waals surface area contributed by atoms with E-state index in [9.17, 15) is 5.21 Å². The maximum Gasteiger partial charge on any atom is 0.290 e. The second kappa shape index (κ2) is 19.0. The maximum absolute atomic E-state index is 9.35. The van der Waals surface area contributed by atoms with Crippen molar-refractivity contribution in [3.8, 4) is 0 Å². The molecule has 0 atom stereocenters. The minimum atomic E-state index is -0.250. The molecule has 0 saturated carbocycles. The van der Waals surface area contributed by atoms with Crippen LogP contribution in [0, 0.1) is 0 Å². The SMILES string of the molecule is C.CN1CCN(c2ccc(/C(=N\O)c3ccccc3)cc2)CC1.CN1CCN(c2ccc(Cc3ccccc3)cc2)CC1.O=CO. The number of oxime groups is 1. The molecule has 2 heterocycles. The zero-order valence-electron chi connectivity index (χ0n) is 26.4. The van der Waals surface area contributed by atoms with Crippen molar-refractivity contribution < 1.29 is 15.1 Å². The van der Waals surface area contributed by atoms with Gasteiger partial charge in [-0.25, -0.2) is 0 Å². The summed E-state index contributed by atoms with van der Waals surface area (Å²) in [6.45, 7) is 8.62. The molecular weight excluding hydrogens is 574 g/mol. The summed E-state index contributed by atoms with van der Waals surface area (Å²) in [5.41, 5.74) is 7.78. The first kappa shape index (κ1) is 35.8. The summed E-state index contributed by atoms with van der Waals surface area (Å²) in [4.78, 5) is 18.0. The molecule has 8 nitrogen and oxygen atoms in total. The molecule has 4 aromatic rings. The maximum atomic E-state index is 9.35. The molecule has 0 aromatic heterocycles. The van der Waals surface area contributed by atoms with Crippen LogP contribution in [0.25, 0.3) is 0 Å². The molecule has 244 valence electrons. The number of piperazine rings is 2. The fraction of sp³-hybridized carbons (Fsp3) is 0.316. The van der Waals surface area contributed by atoms with Crippen molar-refractivity contribution in [1.82, 2.24) is 9.80 Å². The molecule has 0 spiro atoms. The lowest BCUT2D eigenvalue weighted by molar-refractivity contribution is -0.122. The molecule has 2 fully saturated rings. The third-order valence-electron chi connectivity index (χ3n) is 8.21. The summed E-state index contributed by atoms with van der Waals surface area (Å²) < 4.78 is 0. The normalized spacial score (nSPS) is 15.4. The van der Waals surface area contributed by atoms with Crippen LogP contribution in [-0.4, -0.2) is 98.8 Å². The van der Waals surface area contributed by atoms with Gasteiger partial charge in [-0.05, 0) is 55.9 Å².